The molecular weight excluding hydrogens is 418 g/mol. The Morgan fingerprint density at radius 1 is 1.15 bits per heavy atom. The van der Waals surface area contributed by atoms with Crippen LogP contribution in [0.25, 0.3) is 22.2 Å². The molecule has 2 fully saturated rings. The summed E-state index contributed by atoms with van der Waals surface area (Å²) in [5, 5.41) is 4.25. The number of aryl methyl sites for hydroxylation is 1. The number of pyridine rings is 1. The average Bonchev–Trinajstić information content (AvgIpc) is 3.34. The number of rotatable bonds is 4. The fourth-order valence-electron chi connectivity index (χ4n) is 4.84. The van der Waals surface area contributed by atoms with Gasteiger partial charge < -0.3 is 15.0 Å². The molecule has 0 unspecified atom stereocenters. The van der Waals surface area contributed by atoms with Crippen LogP contribution in [0.3, 0.4) is 0 Å². The monoisotopic (exact) mass is 447 g/mol. The van der Waals surface area contributed by atoms with Gasteiger partial charge >= 0.3 is 0 Å². The number of hydrogen-bond acceptors (Lipinski definition) is 6. The van der Waals surface area contributed by atoms with Crippen molar-refractivity contribution in [1.29, 1.82) is 0 Å². The minimum absolute atomic E-state index is 0.0493. The maximum absolute atomic E-state index is 13.7. The molecule has 2 saturated heterocycles. The Balaban J connectivity index is 1.53. The quantitative estimate of drug-likeness (QED) is 0.661. The van der Waals surface area contributed by atoms with Crippen molar-refractivity contribution in [1.82, 2.24) is 19.4 Å². The molecule has 0 radical (unpaired) electrons. The number of carbonyl (C=O) groups excluding carboxylic acids is 1. The molecule has 2 aliphatic rings. The molecule has 0 saturated carbocycles. The van der Waals surface area contributed by atoms with E-state index in [1.54, 1.807) is 17.7 Å². The summed E-state index contributed by atoms with van der Waals surface area (Å²) in [6.45, 7) is 6.22. The number of amides is 1. The lowest BCUT2D eigenvalue weighted by Gasteiger charge is -2.31. The number of carbonyl (C=O) groups is 1. The Labute approximate surface area is 192 Å². The molecule has 2 aliphatic heterocycles. The Bertz CT molecular complexity index is 1240. The molecule has 0 aliphatic carbocycles. The maximum atomic E-state index is 13.7. The van der Waals surface area contributed by atoms with Gasteiger partial charge in [-0.25, -0.2) is 4.98 Å². The zero-order valence-corrected chi connectivity index (χ0v) is 19.1. The van der Waals surface area contributed by atoms with Crippen LogP contribution in [-0.4, -0.2) is 57.7 Å². The van der Waals surface area contributed by atoms with E-state index in [1.807, 2.05) is 42.2 Å². The molecule has 5 rings (SSSR count). The van der Waals surface area contributed by atoms with Gasteiger partial charge in [-0.2, -0.15) is 4.98 Å². The molecule has 1 amide bonds. The number of benzene rings is 1. The number of likely N-dealkylation sites (tertiary alicyclic amines) is 1. The van der Waals surface area contributed by atoms with Gasteiger partial charge in [-0.1, -0.05) is 24.3 Å². The SMILES string of the molecule is CC(=O)N1CCC(Nc2ncc3cc(-c4ccccc4C)c(=O)n([C@H]4CCOC4)c3n2)CC1. The number of anilines is 1. The summed E-state index contributed by atoms with van der Waals surface area (Å²) in [4.78, 5) is 36.5. The lowest BCUT2D eigenvalue weighted by Crippen LogP contribution is -2.41. The summed E-state index contributed by atoms with van der Waals surface area (Å²) in [6.07, 6.45) is 4.26. The highest BCUT2D eigenvalue weighted by Crippen LogP contribution is 2.28. The van der Waals surface area contributed by atoms with E-state index in [4.69, 9.17) is 9.72 Å². The summed E-state index contributed by atoms with van der Waals surface area (Å²) in [5.74, 6) is 0.627. The van der Waals surface area contributed by atoms with Crippen LogP contribution in [0.1, 0.15) is 37.8 Å². The van der Waals surface area contributed by atoms with Crippen molar-refractivity contribution in [3.05, 3.63) is 52.4 Å². The van der Waals surface area contributed by atoms with Gasteiger partial charge in [-0.05, 0) is 43.4 Å². The predicted octanol–water partition coefficient (Wildman–Crippen LogP) is 3.15. The Morgan fingerprint density at radius 3 is 2.64 bits per heavy atom. The molecule has 33 heavy (non-hydrogen) atoms. The van der Waals surface area contributed by atoms with Gasteiger partial charge in [0.1, 0.15) is 5.65 Å². The summed E-state index contributed by atoms with van der Waals surface area (Å²) in [6, 6.07) is 9.98. The Morgan fingerprint density at radius 2 is 1.94 bits per heavy atom. The number of piperidine rings is 1. The highest BCUT2D eigenvalue weighted by molar-refractivity contribution is 5.82. The standard InChI is InChI=1S/C25H29N5O3/c1-16-5-3-4-6-21(16)22-13-18-14-26-25(27-19-7-10-29(11-8-19)17(2)31)28-23(18)30(24(22)32)20-9-12-33-15-20/h3-6,13-14,19-20H,7-12,15H2,1-2H3,(H,26,27,28)/t20-/m0/s1. The molecule has 0 spiro atoms. The van der Waals surface area contributed by atoms with Gasteiger partial charge in [-0.15, -0.1) is 0 Å². The summed E-state index contributed by atoms with van der Waals surface area (Å²) >= 11 is 0. The van der Waals surface area contributed by atoms with E-state index in [-0.39, 0.29) is 23.6 Å². The van der Waals surface area contributed by atoms with Crippen molar-refractivity contribution in [2.24, 2.45) is 0 Å². The van der Waals surface area contributed by atoms with Crippen LogP contribution < -0.4 is 10.9 Å². The van der Waals surface area contributed by atoms with Crippen molar-refractivity contribution in [2.45, 2.75) is 45.2 Å². The largest absolute Gasteiger partial charge is 0.379 e. The van der Waals surface area contributed by atoms with E-state index in [9.17, 15) is 9.59 Å². The molecule has 3 aromatic rings. The average molecular weight is 448 g/mol. The first kappa shape index (κ1) is 21.6. The molecule has 172 valence electrons. The topological polar surface area (TPSA) is 89.4 Å². The minimum Gasteiger partial charge on any atom is -0.379 e. The first-order chi connectivity index (χ1) is 16.0. The van der Waals surface area contributed by atoms with E-state index in [2.05, 4.69) is 10.3 Å². The van der Waals surface area contributed by atoms with Crippen molar-refractivity contribution < 1.29 is 9.53 Å². The van der Waals surface area contributed by atoms with Crippen LogP contribution in [0.15, 0.2) is 41.3 Å². The fraction of sp³-hybridized carbons (Fsp3) is 0.440. The number of nitrogens with one attached hydrogen (secondary N) is 1. The van der Waals surface area contributed by atoms with Crippen molar-refractivity contribution in [3.8, 4) is 11.1 Å². The van der Waals surface area contributed by atoms with Crippen molar-refractivity contribution in [3.63, 3.8) is 0 Å². The molecule has 8 heteroatoms. The van der Waals surface area contributed by atoms with Gasteiger partial charge in [0.05, 0.1) is 12.6 Å². The van der Waals surface area contributed by atoms with Crippen LogP contribution in [0.2, 0.25) is 0 Å². The lowest BCUT2D eigenvalue weighted by atomic mass is 10.0. The number of aromatic nitrogens is 3. The van der Waals surface area contributed by atoms with E-state index >= 15 is 0 Å². The van der Waals surface area contributed by atoms with Gasteiger partial charge in [-0.3, -0.25) is 14.2 Å². The third-order valence-electron chi connectivity index (χ3n) is 6.75. The first-order valence-electron chi connectivity index (χ1n) is 11.6. The summed E-state index contributed by atoms with van der Waals surface area (Å²) in [5.41, 5.74) is 3.22. The van der Waals surface area contributed by atoms with Gasteiger partial charge in [0.25, 0.3) is 5.56 Å². The van der Waals surface area contributed by atoms with Gasteiger partial charge in [0.2, 0.25) is 11.9 Å². The van der Waals surface area contributed by atoms with E-state index in [0.717, 1.165) is 48.9 Å². The van der Waals surface area contributed by atoms with E-state index < -0.39 is 0 Å². The van der Waals surface area contributed by atoms with Crippen LogP contribution in [-0.2, 0) is 9.53 Å². The van der Waals surface area contributed by atoms with Crippen LogP contribution >= 0.6 is 0 Å². The van der Waals surface area contributed by atoms with Crippen molar-refractivity contribution in [2.75, 3.05) is 31.6 Å². The van der Waals surface area contributed by atoms with E-state index in [0.29, 0.717) is 30.4 Å². The third-order valence-corrected chi connectivity index (χ3v) is 6.75. The Kier molecular flexibility index (Phi) is 5.85. The smallest absolute Gasteiger partial charge is 0.260 e. The third kappa shape index (κ3) is 4.23. The van der Waals surface area contributed by atoms with Crippen molar-refractivity contribution >= 4 is 22.9 Å². The zero-order valence-electron chi connectivity index (χ0n) is 19.1. The fourth-order valence-corrected chi connectivity index (χ4v) is 4.84. The predicted molar refractivity (Wildman–Crippen MR) is 127 cm³/mol. The minimum atomic E-state index is -0.0504. The normalized spacial score (nSPS) is 19.2. The molecule has 8 nitrogen and oxygen atoms in total. The molecule has 1 N–H and O–H groups in total. The highest BCUT2D eigenvalue weighted by atomic mass is 16.5. The number of ether oxygens (including phenoxy) is 1. The molecule has 1 atom stereocenters. The summed E-state index contributed by atoms with van der Waals surface area (Å²) in [7, 11) is 0. The maximum Gasteiger partial charge on any atom is 0.260 e. The highest BCUT2D eigenvalue weighted by Gasteiger charge is 2.25. The number of fused-ring (bicyclic) bond motifs is 1. The summed E-state index contributed by atoms with van der Waals surface area (Å²) < 4.78 is 7.42. The van der Waals surface area contributed by atoms with Crippen LogP contribution in [0.5, 0.6) is 0 Å². The molecule has 0 bridgehead atoms. The molecule has 1 aromatic carbocycles. The van der Waals surface area contributed by atoms with Crippen LogP contribution in [0.4, 0.5) is 5.95 Å². The second kappa shape index (κ2) is 8.94. The Hall–Kier alpha value is -3.26. The second-order valence-corrected chi connectivity index (χ2v) is 8.96. The molecule has 2 aromatic heterocycles. The number of hydrogen-bond donors (Lipinski definition) is 1. The van der Waals surface area contributed by atoms with Gasteiger partial charge in [0.15, 0.2) is 0 Å². The van der Waals surface area contributed by atoms with Crippen LogP contribution in [0, 0.1) is 6.92 Å². The second-order valence-electron chi connectivity index (χ2n) is 8.96. The zero-order chi connectivity index (χ0) is 22.9. The first-order valence-corrected chi connectivity index (χ1v) is 11.6. The van der Waals surface area contributed by atoms with Gasteiger partial charge in [0, 0.05) is 49.8 Å². The molecular formula is C25H29N5O3. The molecule has 4 heterocycles. The lowest BCUT2D eigenvalue weighted by molar-refractivity contribution is -0.129. The van der Waals surface area contributed by atoms with E-state index in [1.165, 1.54) is 0 Å². The number of nitrogens with zero attached hydrogens (tertiary/aromatic N) is 4.